The van der Waals surface area contributed by atoms with Gasteiger partial charge in [-0.3, -0.25) is 4.79 Å². The minimum Gasteiger partial charge on any atom is -0.265 e. The van der Waals surface area contributed by atoms with E-state index >= 15 is 0 Å². The van der Waals surface area contributed by atoms with Gasteiger partial charge in [-0.2, -0.15) is 32.0 Å². The molecule has 2 heterocycles. The van der Waals surface area contributed by atoms with E-state index < -0.39 is 27.8 Å². The standard InChI is InChI=1S/C19H14ClF5N4OS2/c1-3-31-13-8-11(10-4-6-12(20)7-5-10)9-26-14(13)15(30)27-17-29(2)28-16(32-17)18(21,22)19(23,24)25/h4-9H,3H2,1-2H3. The molecule has 32 heavy (non-hydrogen) atoms. The molecule has 0 N–H and O–H groups in total. The van der Waals surface area contributed by atoms with Crippen molar-refractivity contribution in [2.45, 2.75) is 23.9 Å². The van der Waals surface area contributed by atoms with E-state index in [1.165, 1.54) is 18.0 Å². The van der Waals surface area contributed by atoms with Crippen molar-refractivity contribution in [2.24, 2.45) is 12.0 Å². The minimum absolute atomic E-state index is 0.0158. The van der Waals surface area contributed by atoms with Crippen molar-refractivity contribution >= 4 is 40.6 Å². The van der Waals surface area contributed by atoms with E-state index in [-0.39, 0.29) is 17.0 Å². The fraction of sp³-hybridized carbons (Fsp3) is 0.263. The molecule has 0 saturated heterocycles. The third kappa shape index (κ3) is 5.02. The Balaban J connectivity index is 2.00. The highest BCUT2D eigenvalue weighted by molar-refractivity contribution is 7.99. The number of carbonyl (C=O) groups excluding carboxylic acids is 1. The predicted molar refractivity (Wildman–Crippen MR) is 112 cm³/mol. The third-order valence-electron chi connectivity index (χ3n) is 4.06. The fourth-order valence-electron chi connectivity index (χ4n) is 2.51. The van der Waals surface area contributed by atoms with Gasteiger partial charge in [-0.25, -0.2) is 9.67 Å². The highest BCUT2D eigenvalue weighted by Gasteiger charge is 2.61. The van der Waals surface area contributed by atoms with Crippen LogP contribution in [0, 0.1) is 0 Å². The molecule has 1 aromatic carbocycles. The van der Waals surface area contributed by atoms with Gasteiger partial charge in [0.2, 0.25) is 4.80 Å². The Morgan fingerprint density at radius 2 is 1.84 bits per heavy atom. The van der Waals surface area contributed by atoms with E-state index in [9.17, 15) is 26.7 Å². The van der Waals surface area contributed by atoms with Crippen molar-refractivity contribution in [3.05, 3.63) is 57.1 Å². The number of halogens is 6. The van der Waals surface area contributed by atoms with Crippen LogP contribution in [0.5, 0.6) is 0 Å². The molecule has 170 valence electrons. The van der Waals surface area contributed by atoms with Crippen molar-refractivity contribution in [3.63, 3.8) is 0 Å². The molecule has 0 bridgehead atoms. The van der Waals surface area contributed by atoms with Gasteiger partial charge in [0.1, 0.15) is 5.69 Å². The second-order valence-electron chi connectivity index (χ2n) is 6.31. The lowest BCUT2D eigenvalue weighted by Crippen LogP contribution is -2.33. The van der Waals surface area contributed by atoms with Gasteiger partial charge in [0.05, 0.1) is 0 Å². The molecular formula is C19H14ClF5N4OS2. The average Bonchev–Trinajstić information content (AvgIpc) is 3.09. The van der Waals surface area contributed by atoms with Crippen molar-refractivity contribution in [1.29, 1.82) is 0 Å². The van der Waals surface area contributed by atoms with Gasteiger partial charge in [-0.1, -0.05) is 42.0 Å². The van der Waals surface area contributed by atoms with Crippen LogP contribution in [-0.4, -0.2) is 32.6 Å². The van der Waals surface area contributed by atoms with Gasteiger partial charge in [-0.15, -0.1) is 11.8 Å². The van der Waals surface area contributed by atoms with Gasteiger partial charge in [-0.05, 0) is 29.5 Å². The summed E-state index contributed by atoms with van der Waals surface area (Å²) in [5.74, 6) is -5.44. The molecule has 1 amide bonds. The summed E-state index contributed by atoms with van der Waals surface area (Å²) in [6.45, 7) is 1.86. The number of hydrogen-bond acceptors (Lipinski definition) is 5. The van der Waals surface area contributed by atoms with Crippen LogP contribution in [0.1, 0.15) is 22.4 Å². The largest absolute Gasteiger partial charge is 0.460 e. The number of pyridine rings is 1. The summed E-state index contributed by atoms with van der Waals surface area (Å²) in [7, 11) is 1.12. The van der Waals surface area contributed by atoms with E-state index in [4.69, 9.17) is 11.6 Å². The van der Waals surface area contributed by atoms with E-state index in [0.717, 1.165) is 12.6 Å². The molecule has 3 rings (SSSR count). The monoisotopic (exact) mass is 508 g/mol. The van der Waals surface area contributed by atoms with E-state index in [1.54, 1.807) is 30.3 Å². The average molecular weight is 509 g/mol. The number of amides is 1. The summed E-state index contributed by atoms with van der Waals surface area (Å²) in [5.41, 5.74) is 1.47. The quantitative estimate of drug-likeness (QED) is 0.327. The summed E-state index contributed by atoms with van der Waals surface area (Å²) >= 11 is 7.20. The maximum Gasteiger partial charge on any atom is 0.460 e. The zero-order chi connectivity index (χ0) is 23.7. The van der Waals surface area contributed by atoms with Crippen LogP contribution in [-0.2, 0) is 13.0 Å². The molecule has 0 aliphatic heterocycles. The number of benzene rings is 1. The highest BCUT2D eigenvalue weighted by atomic mass is 35.5. The van der Waals surface area contributed by atoms with E-state index in [1.807, 2.05) is 6.92 Å². The summed E-state index contributed by atoms with van der Waals surface area (Å²) in [6.07, 6.45) is -4.37. The number of nitrogens with zero attached hydrogens (tertiary/aromatic N) is 4. The molecule has 0 unspecified atom stereocenters. The fourth-order valence-corrected chi connectivity index (χ4v) is 4.31. The number of aryl methyl sites for hydroxylation is 1. The molecule has 0 aliphatic rings. The molecule has 0 spiro atoms. The maximum absolute atomic E-state index is 13.6. The first-order valence-corrected chi connectivity index (χ1v) is 11.1. The molecular weight excluding hydrogens is 495 g/mol. The van der Waals surface area contributed by atoms with Crippen molar-refractivity contribution in [1.82, 2.24) is 14.8 Å². The van der Waals surface area contributed by atoms with Crippen LogP contribution in [0.4, 0.5) is 22.0 Å². The first-order valence-electron chi connectivity index (χ1n) is 8.91. The zero-order valence-electron chi connectivity index (χ0n) is 16.5. The Labute approximate surface area is 192 Å². The van der Waals surface area contributed by atoms with Gasteiger partial charge in [0.15, 0.2) is 5.01 Å². The predicted octanol–water partition coefficient (Wildman–Crippen LogP) is 5.70. The number of thioether (sulfide) groups is 1. The summed E-state index contributed by atoms with van der Waals surface area (Å²) in [6, 6.07) is 8.70. The van der Waals surface area contributed by atoms with Gasteiger partial charge in [0, 0.05) is 28.7 Å². The normalized spacial score (nSPS) is 12.9. The van der Waals surface area contributed by atoms with E-state index in [0.29, 0.717) is 25.9 Å². The van der Waals surface area contributed by atoms with Gasteiger partial charge < -0.3 is 0 Å². The number of hydrogen-bond donors (Lipinski definition) is 0. The molecule has 0 saturated carbocycles. The molecule has 3 aromatic rings. The smallest absolute Gasteiger partial charge is 0.265 e. The summed E-state index contributed by atoms with van der Waals surface area (Å²) < 4.78 is 65.7. The number of carbonyl (C=O) groups is 1. The number of aromatic nitrogens is 3. The Kier molecular flexibility index (Phi) is 7.06. The Morgan fingerprint density at radius 1 is 1.19 bits per heavy atom. The second kappa shape index (κ2) is 9.28. The van der Waals surface area contributed by atoms with Crippen LogP contribution >= 0.6 is 34.7 Å². The summed E-state index contributed by atoms with van der Waals surface area (Å²) in [4.78, 5) is 20.6. The molecule has 0 aliphatic carbocycles. The molecule has 0 atom stereocenters. The third-order valence-corrected chi connectivity index (χ3v) is 6.29. The van der Waals surface area contributed by atoms with Crippen molar-refractivity contribution in [2.75, 3.05) is 5.75 Å². The SMILES string of the molecule is CCSc1cc(-c2ccc(Cl)cc2)cnc1C(=O)N=c1sc(C(F)(F)C(F)(F)F)nn1C. The van der Waals surface area contributed by atoms with Crippen LogP contribution in [0.15, 0.2) is 46.4 Å². The Bertz CT molecular complexity index is 1210. The number of alkyl halides is 5. The van der Waals surface area contributed by atoms with Gasteiger partial charge >= 0.3 is 12.1 Å². The first kappa shape index (κ1) is 24.3. The lowest BCUT2D eigenvalue weighted by atomic mass is 10.1. The molecule has 0 radical (unpaired) electrons. The van der Waals surface area contributed by atoms with E-state index in [2.05, 4.69) is 15.1 Å². The van der Waals surface area contributed by atoms with Crippen LogP contribution in [0.25, 0.3) is 11.1 Å². The molecule has 13 heteroatoms. The lowest BCUT2D eigenvalue weighted by Gasteiger charge is -2.15. The van der Waals surface area contributed by atoms with Crippen LogP contribution in [0.2, 0.25) is 5.02 Å². The Hall–Kier alpha value is -2.31. The second-order valence-corrected chi connectivity index (χ2v) is 9.01. The highest BCUT2D eigenvalue weighted by Crippen LogP contribution is 2.43. The van der Waals surface area contributed by atoms with Crippen molar-refractivity contribution in [3.8, 4) is 11.1 Å². The minimum atomic E-state index is -5.82. The van der Waals surface area contributed by atoms with Gasteiger partial charge in [0.25, 0.3) is 5.91 Å². The van der Waals surface area contributed by atoms with Crippen LogP contribution in [0.3, 0.4) is 0 Å². The summed E-state index contributed by atoms with van der Waals surface area (Å²) in [5, 5.41) is 2.25. The topological polar surface area (TPSA) is 60.1 Å². The number of rotatable bonds is 5. The van der Waals surface area contributed by atoms with Crippen molar-refractivity contribution < 1.29 is 26.7 Å². The van der Waals surface area contributed by atoms with Crippen LogP contribution < -0.4 is 4.80 Å². The Morgan fingerprint density at radius 3 is 2.44 bits per heavy atom. The molecule has 5 nitrogen and oxygen atoms in total. The molecule has 0 fully saturated rings. The lowest BCUT2D eigenvalue weighted by molar-refractivity contribution is -0.289. The molecule has 2 aromatic heterocycles. The first-order chi connectivity index (χ1) is 14.9. The zero-order valence-corrected chi connectivity index (χ0v) is 18.8. The maximum atomic E-state index is 13.6.